The Morgan fingerprint density at radius 2 is 1.80 bits per heavy atom. The van der Waals surface area contributed by atoms with Crippen LogP contribution in [0.25, 0.3) is 0 Å². The summed E-state index contributed by atoms with van der Waals surface area (Å²) >= 11 is 7.90. The minimum atomic E-state index is -0.345. The van der Waals surface area contributed by atoms with E-state index >= 15 is 0 Å². The second kappa shape index (κ2) is 7.01. The topological polar surface area (TPSA) is 58.2 Å². The van der Waals surface area contributed by atoms with Gasteiger partial charge < -0.3 is 0 Å². The molecule has 7 heteroatoms. The van der Waals surface area contributed by atoms with Crippen molar-refractivity contribution >= 4 is 55.0 Å². The summed E-state index contributed by atoms with van der Waals surface area (Å²) < 4.78 is 1.64. The molecule has 0 radical (unpaired) electrons. The molecule has 2 rings (SSSR count). The van der Waals surface area contributed by atoms with Gasteiger partial charge in [0.15, 0.2) is 0 Å². The van der Waals surface area contributed by atoms with Crippen LogP contribution in [0.15, 0.2) is 44.7 Å². The average molecular weight is 418 g/mol. The number of benzene rings is 1. The molecule has 2 amide bonds. The van der Waals surface area contributed by atoms with Crippen molar-refractivity contribution in [2.75, 3.05) is 0 Å². The van der Waals surface area contributed by atoms with Crippen molar-refractivity contribution in [1.82, 2.24) is 10.9 Å². The number of thiophene rings is 1. The van der Waals surface area contributed by atoms with Crippen LogP contribution in [0.2, 0.25) is 0 Å². The number of hydrogen-bond acceptors (Lipinski definition) is 3. The number of hydrogen-bond donors (Lipinski definition) is 2. The summed E-state index contributed by atoms with van der Waals surface area (Å²) in [6, 6.07) is 11.0. The van der Waals surface area contributed by atoms with Crippen molar-refractivity contribution in [2.45, 2.75) is 6.42 Å². The Morgan fingerprint density at radius 1 is 1.10 bits per heavy atom. The summed E-state index contributed by atoms with van der Waals surface area (Å²) in [5, 5.41) is 0. The molecule has 0 aliphatic carbocycles. The van der Waals surface area contributed by atoms with Gasteiger partial charge in [0.05, 0.1) is 15.1 Å². The second-order valence-corrected chi connectivity index (χ2v) is 7.12. The zero-order valence-electron chi connectivity index (χ0n) is 10.2. The van der Waals surface area contributed by atoms with Crippen LogP contribution in [0.1, 0.15) is 15.2 Å². The molecule has 0 bridgehead atoms. The molecular weight excluding hydrogens is 408 g/mol. The molecule has 0 atom stereocenters. The highest BCUT2D eigenvalue weighted by Crippen LogP contribution is 2.32. The maximum atomic E-state index is 11.8. The van der Waals surface area contributed by atoms with Crippen molar-refractivity contribution in [3.63, 3.8) is 0 Å². The third-order valence-corrected chi connectivity index (χ3v) is 5.65. The van der Waals surface area contributed by atoms with Gasteiger partial charge in [-0.25, -0.2) is 0 Å². The first-order chi connectivity index (χ1) is 9.56. The van der Waals surface area contributed by atoms with E-state index in [4.69, 9.17) is 0 Å². The van der Waals surface area contributed by atoms with Crippen LogP contribution in [0, 0.1) is 0 Å². The van der Waals surface area contributed by atoms with Crippen LogP contribution in [0.3, 0.4) is 0 Å². The van der Waals surface area contributed by atoms with Gasteiger partial charge in [0.2, 0.25) is 5.91 Å². The van der Waals surface area contributed by atoms with Gasteiger partial charge in [0.1, 0.15) is 0 Å². The Labute approximate surface area is 136 Å². The first kappa shape index (κ1) is 15.2. The lowest BCUT2D eigenvalue weighted by molar-refractivity contribution is -0.121. The van der Waals surface area contributed by atoms with Crippen LogP contribution in [-0.2, 0) is 11.2 Å². The minimum absolute atomic E-state index is 0.221. The number of halogens is 2. The fourth-order valence-electron chi connectivity index (χ4n) is 1.47. The van der Waals surface area contributed by atoms with E-state index in [-0.39, 0.29) is 18.2 Å². The highest BCUT2D eigenvalue weighted by Gasteiger charge is 2.12. The molecule has 0 aliphatic heterocycles. The van der Waals surface area contributed by atoms with Gasteiger partial charge in [0.25, 0.3) is 5.91 Å². The Bertz CT molecular complexity index is 609. The fourth-order valence-corrected chi connectivity index (χ4v) is 3.40. The third kappa shape index (κ3) is 4.16. The molecule has 20 heavy (non-hydrogen) atoms. The van der Waals surface area contributed by atoms with Crippen molar-refractivity contribution in [3.8, 4) is 0 Å². The van der Waals surface area contributed by atoms with Gasteiger partial charge in [0, 0.05) is 4.47 Å². The number of nitrogens with one attached hydrogen (secondary N) is 2. The molecule has 0 unspecified atom stereocenters. The van der Waals surface area contributed by atoms with E-state index in [1.165, 1.54) is 11.3 Å². The highest BCUT2D eigenvalue weighted by atomic mass is 79.9. The zero-order chi connectivity index (χ0) is 14.5. The molecule has 2 N–H and O–H groups in total. The van der Waals surface area contributed by atoms with E-state index in [1.807, 2.05) is 30.3 Å². The molecule has 0 saturated heterocycles. The number of hydrazine groups is 1. The molecule has 1 aromatic heterocycles. The van der Waals surface area contributed by atoms with E-state index in [2.05, 4.69) is 42.7 Å². The molecule has 4 nitrogen and oxygen atoms in total. The highest BCUT2D eigenvalue weighted by molar-refractivity contribution is 9.13. The van der Waals surface area contributed by atoms with Crippen molar-refractivity contribution < 1.29 is 9.59 Å². The summed E-state index contributed by atoms with van der Waals surface area (Å²) in [6.07, 6.45) is 0.221. The summed E-state index contributed by atoms with van der Waals surface area (Å²) in [4.78, 5) is 24.0. The van der Waals surface area contributed by atoms with Crippen LogP contribution in [0.5, 0.6) is 0 Å². The monoisotopic (exact) mass is 416 g/mol. The normalized spacial score (nSPS) is 10.1. The number of carbonyl (C=O) groups excluding carboxylic acids is 2. The second-order valence-electron chi connectivity index (χ2n) is 3.90. The molecule has 1 heterocycles. The number of amides is 2. The summed E-state index contributed by atoms with van der Waals surface area (Å²) in [5.74, 6) is -0.609. The standard InChI is InChI=1S/C13H10Br2N2O2S/c14-9-7-10(20-12(9)15)13(19)17-16-11(18)6-8-4-2-1-3-5-8/h1-5,7H,6H2,(H,16,18)(H,17,19). The fraction of sp³-hybridized carbons (Fsp3) is 0.0769. The summed E-state index contributed by atoms with van der Waals surface area (Å²) in [5.41, 5.74) is 5.68. The first-order valence-corrected chi connectivity index (χ1v) is 8.04. The van der Waals surface area contributed by atoms with Gasteiger partial charge >= 0.3 is 0 Å². The Hall–Kier alpha value is -1.18. The Balaban J connectivity index is 1.86. The SMILES string of the molecule is O=C(Cc1ccccc1)NNC(=O)c1cc(Br)c(Br)s1. The lowest BCUT2D eigenvalue weighted by Gasteiger charge is -2.06. The molecule has 0 saturated carbocycles. The average Bonchev–Trinajstić information content (AvgIpc) is 2.77. The van der Waals surface area contributed by atoms with E-state index in [0.717, 1.165) is 13.8 Å². The van der Waals surface area contributed by atoms with Crippen LogP contribution < -0.4 is 10.9 Å². The van der Waals surface area contributed by atoms with E-state index in [0.29, 0.717) is 4.88 Å². The van der Waals surface area contributed by atoms with Crippen molar-refractivity contribution in [1.29, 1.82) is 0 Å². The predicted molar refractivity (Wildman–Crippen MR) is 85.5 cm³/mol. The molecule has 1 aromatic carbocycles. The van der Waals surface area contributed by atoms with Gasteiger partial charge in [-0.15, -0.1) is 11.3 Å². The predicted octanol–water partition coefficient (Wildman–Crippen LogP) is 3.28. The van der Waals surface area contributed by atoms with Crippen molar-refractivity contribution in [2.24, 2.45) is 0 Å². The number of rotatable bonds is 3. The van der Waals surface area contributed by atoms with Gasteiger partial charge in [-0.05, 0) is 43.5 Å². The molecule has 0 spiro atoms. The lowest BCUT2D eigenvalue weighted by atomic mass is 10.1. The van der Waals surface area contributed by atoms with E-state index in [9.17, 15) is 9.59 Å². The zero-order valence-corrected chi connectivity index (χ0v) is 14.1. The quantitative estimate of drug-likeness (QED) is 0.753. The van der Waals surface area contributed by atoms with Crippen LogP contribution >= 0.6 is 43.2 Å². The maximum Gasteiger partial charge on any atom is 0.279 e. The summed E-state index contributed by atoms with van der Waals surface area (Å²) in [6.45, 7) is 0. The third-order valence-electron chi connectivity index (χ3n) is 2.39. The molecule has 2 aromatic rings. The smallest absolute Gasteiger partial charge is 0.273 e. The largest absolute Gasteiger partial charge is 0.279 e. The Morgan fingerprint density at radius 3 is 2.40 bits per heavy atom. The van der Waals surface area contributed by atoms with Crippen LogP contribution in [0.4, 0.5) is 0 Å². The van der Waals surface area contributed by atoms with Gasteiger partial charge in [-0.3, -0.25) is 20.4 Å². The van der Waals surface area contributed by atoms with Gasteiger partial charge in [-0.1, -0.05) is 30.3 Å². The van der Waals surface area contributed by atoms with E-state index < -0.39 is 0 Å². The van der Waals surface area contributed by atoms with Gasteiger partial charge in [-0.2, -0.15) is 0 Å². The molecular formula is C13H10Br2N2O2S. The van der Waals surface area contributed by atoms with Crippen LogP contribution in [-0.4, -0.2) is 11.8 Å². The molecule has 0 fully saturated rings. The summed E-state index contributed by atoms with van der Waals surface area (Å²) in [7, 11) is 0. The Kier molecular flexibility index (Phi) is 5.33. The molecule has 0 aliphatic rings. The lowest BCUT2D eigenvalue weighted by Crippen LogP contribution is -2.42. The first-order valence-electron chi connectivity index (χ1n) is 5.64. The molecule has 104 valence electrons. The minimum Gasteiger partial charge on any atom is -0.273 e. The number of carbonyl (C=O) groups is 2. The van der Waals surface area contributed by atoms with Crippen molar-refractivity contribution in [3.05, 3.63) is 55.1 Å². The van der Waals surface area contributed by atoms with E-state index in [1.54, 1.807) is 6.07 Å². The maximum absolute atomic E-state index is 11.8.